The van der Waals surface area contributed by atoms with E-state index in [1.165, 1.54) is 0 Å². The maximum Gasteiger partial charge on any atom is 0.0950 e. The van der Waals surface area contributed by atoms with Crippen molar-refractivity contribution in [3.8, 4) is 0 Å². The molecule has 2 heterocycles. The molecular formula is C12H14N2O. The monoisotopic (exact) mass is 202 g/mol. The van der Waals surface area contributed by atoms with Crippen LogP contribution >= 0.6 is 0 Å². The lowest BCUT2D eigenvalue weighted by atomic mass is 9.94. The van der Waals surface area contributed by atoms with Crippen molar-refractivity contribution in [1.29, 1.82) is 0 Å². The van der Waals surface area contributed by atoms with E-state index in [-0.39, 0.29) is 12.0 Å². The first kappa shape index (κ1) is 9.93. The Labute approximate surface area is 88.9 Å². The van der Waals surface area contributed by atoms with Crippen LogP contribution in [0.25, 0.3) is 0 Å². The van der Waals surface area contributed by atoms with Gasteiger partial charge in [0, 0.05) is 29.4 Å². The van der Waals surface area contributed by atoms with E-state index in [1.807, 2.05) is 24.3 Å². The second kappa shape index (κ2) is 4.28. The minimum absolute atomic E-state index is 0.0707. The molecule has 0 fully saturated rings. The van der Waals surface area contributed by atoms with Crippen molar-refractivity contribution in [2.24, 2.45) is 5.73 Å². The van der Waals surface area contributed by atoms with Crippen molar-refractivity contribution in [3.05, 3.63) is 54.2 Å². The molecule has 2 rings (SSSR count). The van der Waals surface area contributed by atoms with E-state index in [0.29, 0.717) is 0 Å². The van der Waals surface area contributed by atoms with Crippen molar-refractivity contribution < 1.29 is 4.42 Å². The molecule has 0 saturated carbocycles. The number of aromatic nitrogens is 1. The van der Waals surface area contributed by atoms with Gasteiger partial charge in [0.25, 0.3) is 0 Å². The van der Waals surface area contributed by atoms with Gasteiger partial charge in [0.1, 0.15) is 0 Å². The number of hydrogen-bond acceptors (Lipinski definition) is 3. The Morgan fingerprint density at radius 1 is 1.33 bits per heavy atom. The first-order valence-electron chi connectivity index (χ1n) is 4.97. The summed E-state index contributed by atoms with van der Waals surface area (Å²) in [5.41, 5.74) is 8.13. The third-order valence-electron chi connectivity index (χ3n) is 2.62. The highest BCUT2D eigenvalue weighted by atomic mass is 16.3. The largest absolute Gasteiger partial charge is 0.472 e. The summed E-state index contributed by atoms with van der Waals surface area (Å²) in [6.45, 7) is 2.07. The molecule has 0 saturated heterocycles. The summed E-state index contributed by atoms with van der Waals surface area (Å²) in [6, 6.07) is 7.69. The van der Waals surface area contributed by atoms with Crippen LogP contribution in [0.4, 0.5) is 0 Å². The van der Waals surface area contributed by atoms with E-state index in [9.17, 15) is 0 Å². The van der Waals surface area contributed by atoms with Gasteiger partial charge in [0.2, 0.25) is 0 Å². The van der Waals surface area contributed by atoms with E-state index < -0.39 is 0 Å². The van der Waals surface area contributed by atoms with Crippen molar-refractivity contribution in [1.82, 2.24) is 4.98 Å². The second-order valence-electron chi connectivity index (χ2n) is 3.63. The molecule has 0 bridgehead atoms. The van der Waals surface area contributed by atoms with Gasteiger partial charge >= 0.3 is 0 Å². The maximum atomic E-state index is 6.11. The molecule has 2 atom stereocenters. The minimum Gasteiger partial charge on any atom is -0.472 e. The first-order chi connectivity index (χ1) is 7.29. The van der Waals surface area contributed by atoms with Crippen molar-refractivity contribution in [2.45, 2.75) is 18.9 Å². The fourth-order valence-corrected chi connectivity index (χ4v) is 1.58. The molecule has 0 radical (unpaired) electrons. The number of furan rings is 1. The topological polar surface area (TPSA) is 52.0 Å². The Morgan fingerprint density at radius 2 is 2.20 bits per heavy atom. The zero-order valence-corrected chi connectivity index (χ0v) is 8.63. The third kappa shape index (κ3) is 2.07. The third-order valence-corrected chi connectivity index (χ3v) is 2.62. The summed E-state index contributed by atoms with van der Waals surface area (Å²) in [5.74, 6) is 0.184. The molecular weight excluding hydrogens is 188 g/mol. The number of nitrogens with two attached hydrogens (primary N) is 1. The lowest BCUT2D eigenvalue weighted by Gasteiger charge is -2.17. The van der Waals surface area contributed by atoms with E-state index in [2.05, 4.69) is 11.9 Å². The van der Waals surface area contributed by atoms with Gasteiger partial charge in [-0.25, -0.2) is 0 Å². The van der Waals surface area contributed by atoms with E-state index in [1.54, 1.807) is 18.7 Å². The van der Waals surface area contributed by atoms with Crippen molar-refractivity contribution >= 4 is 0 Å². The standard InChI is InChI=1S/C12H14N2O/c1-9(11-4-2-3-6-14-11)12(13)10-5-7-15-8-10/h2-9,12H,13H2,1H3. The van der Waals surface area contributed by atoms with Crippen LogP contribution in [0.2, 0.25) is 0 Å². The van der Waals surface area contributed by atoms with Crippen LogP contribution in [0, 0.1) is 0 Å². The Bertz CT molecular complexity index is 397. The van der Waals surface area contributed by atoms with E-state index >= 15 is 0 Å². The fraction of sp³-hybridized carbons (Fsp3) is 0.250. The van der Waals surface area contributed by atoms with Crippen LogP contribution in [0.15, 0.2) is 47.4 Å². The van der Waals surface area contributed by atoms with Gasteiger partial charge in [-0.1, -0.05) is 13.0 Å². The number of nitrogens with zero attached hydrogens (tertiary/aromatic N) is 1. The molecule has 0 aromatic carbocycles. The molecule has 0 aliphatic carbocycles. The number of pyridine rings is 1. The van der Waals surface area contributed by atoms with Crippen molar-refractivity contribution in [2.75, 3.05) is 0 Å². The van der Waals surface area contributed by atoms with Gasteiger partial charge in [-0.05, 0) is 18.2 Å². The summed E-state index contributed by atoms with van der Waals surface area (Å²) < 4.78 is 5.02. The summed E-state index contributed by atoms with van der Waals surface area (Å²) >= 11 is 0. The predicted molar refractivity (Wildman–Crippen MR) is 58.3 cm³/mol. The highest BCUT2D eigenvalue weighted by molar-refractivity contribution is 5.19. The minimum atomic E-state index is -0.0707. The Balaban J connectivity index is 2.18. The first-order valence-corrected chi connectivity index (χ1v) is 4.97. The molecule has 0 aliphatic heterocycles. The van der Waals surface area contributed by atoms with Gasteiger partial charge in [-0.3, -0.25) is 4.98 Å². The van der Waals surface area contributed by atoms with Crippen LogP contribution in [-0.4, -0.2) is 4.98 Å². The zero-order chi connectivity index (χ0) is 10.7. The molecule has 0 amide bonds. The highest BCUT2D eigenvalue weighted by Gasteiger charge is 2.18. The zero-order valence-electron chi connectivity index (χ0n) is 8.63. The Kier molecular flexibility index (Phi) is 2.83. The van der Waals surface area contributed by atoms with Crippen LogP contribution < -0.4 is 5.73 Å². The van der Waals surface area contributed by atoms with E-state index in [0.717, 1.165) is 11.3 Å². The Hall–Kier alpha value is -1.61. The van der Waals surface area contributed by atoms with Crippen LogP contribution in [-0.2, 0) is 0 Å². The smallest absolute Gasteiger partial charge is 0.0950 e. The van der Waals surface area contributed by atoms with E-state index in [4.69, 9.17) is 10.2 Å². The normalized spacial score (nSPS) is 14.8. The molecule has 2 aromatic heterocycles. The van der Waals surface area contributed by atoms with Gasteiger partial charge in [-0.15, -0.1) is 0 Å². The van der Waals surface area contributed by atoms with Gasteiger partial charge in [-0.2, -0.15) is 0 Å². The molecule has 15 heavy (non-hydrogen) atoms. The predicted octanol–water partition coefficient (Wildman–Crippen LogP) is 2.48. The SMILES string of the molecule is CC(c1ccccn1)C(N)c1ccoc1. The highest BCUT2D eigenvalue weighted by Crippen LogP contribution is 2.26. The molecule has 78 valence electrons. The molecule has 3 heteroatoms. The molecule has 2 unspecified atom stereocenters. The molecule has 0 aliphatic rings. The Morgan fingerprint density at radius 3 is 2.80 bits per heavy atom. The molecule has 0 spiro atoms. The quantitative estimate of drug-likeness (QED) is 0.831. The fourth-order valence-electron chi connectivity index (χ4n) is 1.58. The lowest BCUT2D eigenvalue weighted by Crippen LogP contribution is -2.17. The number of hydrogen-bond donors (Lipinski definition) is 1. The van der Waals surface area contributed by atoms with Crippen LogP contribution in [0.1, 0.15) is 30.1 Å². The second-order valence-corrected chi connectivity index (χ2v) is 3.63. The summed E-state index contributed by atoms with van der Waals surface area (Å²) in [4.78, 5) is 4.30. The van der Waals surface area contributed by atoms with Crippen LogP contribution in [0.5, 0.6) is 0 Å². The summed E-state index contributed by atoms with van der Waals surface area (Å²) in [7, 11) is 0. The van der Waals surface area contributed by atoms with Crippen molar-refractivity contribution in [3.63, 3.8) is 0 Å². The molecule has 2 N–H and O–H groups in total. The average molecular weight is 202 g/mol. The average Bonchev–Trinajstić information content (AvgIpc) is 2.82. The summed E-state index contributed by atoms with van der Waals surface area (Å²) in [6.07, 6.45) is 5.11. The van der Waals surface area contributed by atoms with Gasteiger partial charge in [0.05, 0.1) is 12.5 Å². The number of rotatable bonds is 3. The van der Waals surface area contributed by atoms with Gasteiger partial charge in [0.15, 0.2) is 0 Å². The van der Waals surface area contributed by atoms with Gasteiger partial charge < -0.3 is 10.2 Å². The molecule has 3 nitrogen and oxygen atoms in total. The van der Waals surface area contributed by atoms with Crippen LogP contribution in [0.3, 0.4) is 0 Å². The summed E-state index contributed by atoms with van der Waals surface area (Å²) in [5, 5.41) is 0. The molecule has 2 aromatic rings. The maximum absolute atomic E-state index is 6.11. The lowest BCUT2D eigenvalue weighted by molar-refractivity contribution is 0.541.